The molecule has 0 amide bonds. The maximum absolute atomic E-state index is 13.1. The van der Waals surface area contributed by atoms with Crippen LogP contribution < -0.4 is 15.8 Å². The zero-order chi connectivity index (χ0) is 16.7. The van der Waals surface area contributed by atoms with Crippen molar-refractivity contribution in [3.05, 3.63) is 65.5 Å². The van der Waals surface area contributed by atoms with Crippen molar-refractivity contribution in [2.45, 2.75) is 25.1 Å². The van der Waals surface area contributed by atoms with Crippen LogP contribution in [0.25, 0.3) is 0 Å². The number of nitrogens with one attached hydrogen (secondary N) is 1. The molecule has 0 heterocycles. The lowest BCUT2D eigenvalue weighted by Gasteiger charge is -2.19. The van der Waals surface area contributed by atoms with Gasteiger partial charge in [0.15, 0.2) is 0 Å². The molecule has 0 fully saturated rings. The molecule has 4 N–H and O–H groups in total. The molecule has 0 radical (unpaired) electrons. The number of aliphatic hydroxyl groups excluding tert-OH is 1. The molecule has 0 aromatic heterocycles. The molecule has 2 aromatic carbocycles. The Morgan fingerprint density at radius 1 is 1.17 bits per heavy atom. The van der Waals surface area contributed by atoms with Gasteiger partial charge in [0.2, 0.25) is 0 Å². The van der Waals surface area contributed by atoms with E-state index in [1.807, 2.05) is 24.3 Å². The van der Waals surface area contributed by atoms with Crippen LogP contribution in [0.1, 0.15) is 11.1 Å². The average molecular weight is 318 g/mol. The molecule has 2 rings (SSSR count). The summed E-state index contributed by atoms with van der Waals surface area (Å²) in [6.45, 7) is 0.981. The summed E-state index contributed by atoms with van der Waals surface area (Å²) >= 11 is 0. The summed E-state index contributed by atoms with van der Waals surface area (Å²) in [5.41, 5.74) is 7.84. The number of rotatable bonds is 8. The van der Waals surface area contributed by atoms with E-state index in [9.17, 15) is 9.50 Å². The van der Waals surface area contributed by atoms with E-state index >= 15 is 0 Å². The van der Waals surface area contributed by atoms with Gasteiger partial charge in [-0.15, -0.1) is 0 Å². The summed E-state index contributed by atoms with van der Waals surface area (Å²) in [5, 5.41) is 13.3. The Bertz CT molecular complexity index is 621. The largest absolute Gasteiger partial charge is 0.497 e. The van der Waals surface area contributed by atoms with Crippen LogP contribution in [0.2, 0.25) is 0 Å². The van der Waals surface area contributed by atoms with E-state index in [4.69, 9.17) is 10.5 Å². The van der Waals surface area contributed by atoms with Gasteiger partial charge in [0.25, 0.3) is 0 Å². The Balaban J connectivity index is 1.78. The third-order valence-electron chi connectivity index (χ3n) is 3.67. The van der Waals surface area contributed by atoms with Crippen LogP contribution in [0.4, 0.5) is 4.39 Å². The molecule has 23 heavy (non-hydrogen) atoms. The highest BCUT2D eigenvalue weighted by molar-refractivity contribution is 5.28. The SMILES string of the molecule is COc1cccc(CNC[C@@H](O)[C@@H](N)Cc2cccc(F)c2)c1. The normalized spacial score (nSPS) is 13.6. The van der Waals surface area contributed by atoms with Gasteiger partial charge < -0.3 is 20.9 Å². The van der Waals surface area contributed by atoms with E-state index in [2.05, 4.69) is 5.32 Å². The fourth-order valence-corrected chi connectivity index (χ4v) is 2.37. The third kappa shape index (κ3) is 5.63. The second kappa shape index (κ2) is 8.62. The molecule has 0 bridgehead atoms. The number of benzene rings is 2. The molecule has 0 aliphatic heterocycles. The van der Waals surface area contributed by atoms with Gasteiger partial charge in [0.1, 0.15) is 11.6 Å². The first-order chi connectivity index (χ1) is 11.1. The van der Waals surface area contributed by atoms with Crippen molar-refractivity contribution in [1.82, 2.24) is 5.32 Å². The maximum Gasteiger partial charge on any atom is 0.123 e. The van der Waals surface area contributed by atoms with Crippen molar-refractivity contribution in [2.24, 2.45) is 5.73 Å². The Hall–Kier alpha value is -1.95. The zero-order valence-electron chi connectivity index (χ0n) is 13.2. The molecule has 0 aliphatic rings. The summed E-state index contributed by atoms with van der Waals surface area (Å²) < 4.78 is 18.3. The second-order valence-corrected chi connectivity index (χ2v) is 5.55. The lowest BCUT2D eigenvalue weighted by atomic mass is 10.0. The molecule has 0 unspecified atom stereocenters. The van der Waals surface area contributed by atoms with Gasteiger partial charge in [-0.1, -0.05) is 24.3 Å². The quantitative estimate of drug-likeness (QED) is 0.695. The predicted molar refractivity (Wildman–Crippen MR) is 88.8 cm³/mol. The number of halogens is 1. The van der Waals surface area contributed by atoms with Crippen LogP contribution in [0.15, 0.2) is 48.5 Å². The highest BCUT2D eigenvalue weighted by Crippen LogP contribution is 2.12. The molecular formula is C18H23FN2O2. The molecule has 0 aliphatic carbocycles. The van der Waals surface area contributed by atoms with E-state index in [1.54, 1.807) is 19.2 Å². The van der Waals surface area contributed by atoms with Crippen LogP contribution in [0, 0.1) is 5.82 Å². The van der Waals surface area contributed by atoms with Gasteiger partial charge in [-0.3, -0.25) is 0 Å². The molecule has 0 saturated carbocycles. The van der Waals surface area contributed by atoms with Crippen molar-refractivity contribution in [3.63, 3.8) is 0 Å². The number of ether oxygens (including phenoxy) is 1. The molecule has 0 spiro atoms. The summed E-state index contributed by atoms with van der Waals surface area (Å²) in [4.78, 5) is 0. The van der Waals surface area contributed by atoms with Crippen molar-refractivity contribution >= 4 is 0 Å². The standard InChI is InChI=1S/C18H23FN2O2/c1-23-16-7-3-5-14(9-16)11-21-12-18(22)17(20)10-13-4-2-6-15(19)8-13/h2-9,17-18,21-22H,10-12,20H2,1H3/t17-,18+/m0/s1. The Kier molecular flexibility index (Phi) is 6.52. The van der Waals surface area contributed by atoms with E-state index in [-0.39, 0.29) is 5.82 Å². The summed E-state index contributed by atoms with van der Waals surface area (Å²) in [7, 11) is 1.63. The van der Waals surface area contributed by atoms with E-state index in [0.717, 1.165) is 16.9 Å². The van der Waals surface area contributed by atoms with Gasteiger partial charge >= 0.3 is 0 Å². The van der Waals surface area contributed by atoms with E-state index in [1.165, 1.54) is 12.1 Å². The monoisotopic (exact) mass is 318 g/mol. The van der Waals surface area contributed by atoms with E-state index < -0.39 is 12.1 Å². The molecule has 0 saturated heterocycles. The van der Waals surface area contributed by atoms with Gasteiger partial charge in [0, 0.05) is 19.1 Å². The Morgan fingerprint density at radius 2 is 1.91 bits per heavy atom. The molecule has 5 heteroatoms. The van der Waals surface area contributed by atoms with Crippen molar-refractivity contribution in [1.29, 1.82) is 0 Å². The first-order valence-electron chi connectivity index (χ1n) is 7.60. The Labute approximate surface area is 136 Å². The summed E-state index contributed by atoms with van der Waals surface area (Å²) in [6.07, 6.45) is -0.274. The number of nitrogens with two attached hydrogens (primary N) is 1. The van der Waals surface area contributed by atoms with Crippen molar-refractivity contribution in [2.75, 3.05) is 13.7 Å². The lowest BCUT2D eigenvalue weighted by molar-refractivity contribution is 0.141. The second-order valence-electron chi connectivity index (χ2n) is 5.55. The van der Waals surface area contributed by atoms with Crippen LogP contribution in [0.5, 0.6) is 5.75 Å². The highest BCUT2D eigenvalue weighted by Gasteiger charge is 2.15. The summed E-state index contributed by atoms with van der Waals surface area (Å²) in [6, 6.07) is 13.5. The molecule has 124 valence electrons. The highest BCUT2D eigenvalue weighted by atomic mass is 19.1. The topological polar surface area (TPSA) is 67.5 Å². The van der Waals surface area contributed by atoms with E-state index in [0.29, 0.717) is 19.5 Å². The predicted octanol–water partition coefficient (Wildman–Crippen LogP) is 1.85. The van der Waals surface area contributed by atoms with Crippen LogP contribution in [-0.4, -0.2) is 30.9 Å². The van der Waals surface area contributed by atoms with Crippen LogP contribution >= 0.6 is 0 Å². The third-order valence-corrected chi connectivity index (χ3v) is 3.67. The zero-order valence-corrected chi connectivity index (χ0v) is 13.2. The molecule has 2 aromatic rings. The van der Waals surface area contributed by atoms with Crippen LogP contribution in [-0.2, 0) is 13.0 Å². The summed E-state index contributed by atoms with van der Waals surface area (Å²) in [5.74, 6) is 0.507. The fraction of sp³-hybridized carbons (Fsp3) is 0.333. The molecular weight excluding hydrogens is 295 g/mol. The van der Waals surface area contributed by atoms with Crippen LogP contribution in [0.3, 0.4) is 0 Å². The first-order valence-corrected chi connectivity index (χ1v) is 7.60. The number of hydrogen-bond acceptors (Lipinski definition) is 4. The number of hydrogen-bond donors (Lipinski definition) is 3. The van der Waals surface area contributed by atoms with Gasteiger partial charge in [-0.2, -0.15) is 0 Å². The average Bonchev–Trinajstić information content (AvgIpc) is 2.55. The number of aliphatic hydroxyl groups is 1. The first kappa shape index (κ1) is 17.4. The van der Waals surface area contributed by atoms with Crippen molar-refractivity contribution in [3.8, 4) is 5.75 Å². The maximum atomic E-state index is 13.1. The van der Waals surface area contributed by atoms with Crippen molar-refractivity contribution < 1.29 is 14.2 Å². The fourth-order valence-electron chi connectivity index (χ4n) is 2.37. The minimum Gasteiger partial charge on any atom is -0.497 e. The van der Waals surface area contributed by atoms with Gasteiger partial charge in [-0.25, -0.2) is 4.39 Å². The molecule has 4 nitrogen and oxygen atoms in total. The minimum absolute atomic E-state index is 0.291. The Morgan fingerprint density at radius 3 is 2.65 bits per heavy atom. The smallest absolute Gasteiger partial charge is 0.123 e. The van der Waals surface area contributed by atoms with Gasteiger partial charge in [0.05, 0.1) is 13.2 Å². The minimum atomic E-state index is -0.705. The molecule has 2 atom stereocenters. The number of methoxy groups -OCH3 is 1. The lowest BCUT2D eigenvalue weighted by Crippen LogP contribution is -2.43. The van der Waals surface area contributed by atoms with Gasteiger partial charge in [-0.05, 0) is 41.8 Å².